The fourth-order valence-electron chi connectivity index (χ4n) is 8.07. The van der Waals surface area contributed by atoms with Gasteiger partial charge in [-0.3, -0.25) is 14.4 Å². The summed E-state index contributed by atoms with van der Waals surface area (Å²) < 4.78 is 0. The second-order valence-electron chi connectivity index (χ2n) is 14.9. The summed E-state index contributed by atoms with van der Waals surface area (Å²) >= 11 is 6.16. The van der Waals surface area contributed by atoms with E-state index in [0.717, 1.165) is 43.2 Å². The number of carbonyl (C=O) groups excluding carboxylic acids is 3. The number of benzene rings is 2. The number of hydrogen-bond acceptors (Lipinski definition) is 4. The van der Waals surface area contributed by atoms with E-state index in [-0.39, 0.29) is 23.3 Å². The molecule has 4 N–H and O–H groups in total. The molecule has 1 aliphatic heterocycles. The van der Waals surface area contributed by atoms with Gasteiger partial charge in [0.05, 0.1) is 16.9 Å². The third kappa shape index (κ3) is 7.41. The van der Waals surface area contributed by atoms with Gasteiger partial charge in [0.2, 0.25) is 17.7 Å². The summed E-state index contributed by atoms with van der Waals surface area (Å²) in [6.07, 6.45) is 8.64. The van der Waals surface area contributed by atoms with Crippen molar-refractivity contribution in [3.63, 3.8) is 0 Å². The Hall–Kier alpha value is -2.90. The average molecular weight is 635 g/mol. The molecule has 0 spiro atoms. The molecule has 2 aliphatic carbocycles. The Morgan fingerprint density at radius 1 is 0.978 bits per heavy atom. The van der Waals surface area contributed by atoms with Crippen LogP contribution in [0.2, 0.25) is 5.02 Å². The van der Waals surface area contributed by atoms with Crippen molar-refractivity contribution in [2.75, 3.05) is 13.1 Å². The summed E-state index contributed by atoms with van der Waals surface area (Å²) in [6, 6.07) is 14.7. The topological polar surface area (TPSA) is 105 Å². The van der Waals surface area contributed by atoms with Crippen molar-refractivity contribution in [3.05, 3.63) is 70.2 Å². The number of nitrogens with one attached hydrogen (secondary N) is 2. The van der Waals surface area contributed by atoms with E-state index in [0.29, 0.717) is 49.7 Å². The van der Waals surface area contributed by atoms with Gasteiger partial charge in [0.25, 0.3) is 0 Å². The van der Waals surface area contributed by atoms with E-state index in [1.54, 1.807) is 0 Å². The molecule has 2 fully saturated rings. The lowest BCUT2D eigenvalue weighted by Crippen LogP contribution is -2.60. The Morgan fingerprint density at radius 2 is 1.62 bits per heavy atom. The van der Waals surface area contributed by atoms with Crippen molar-refractivity contribution in [3.8, 4) is 0 Å². The number of hydrogen-bond donors (Lipinski definition) is 3. The van der Waals surface area contributed by atoms with Crippen LogP contribution in [0.25, 0.3) is 0 Å². The number of amides is 3. The number of carbonyl (C=O) groups is 3. The molecule has 244 valence electrons. The zero-order chi connectivity index (χ0) is 32.4. The van der Waals surface area contributed by atoms with Crippen LogP contribution >= 0.6 is 11.6 Å². The zero-order valence-electron chi connectivity index (χ0n) is 27.5. The van der Waals surface area contributed by atoms with Gasteiger partial charge in [-0.25, -0.2) is 0 Å². The molecule has 45 heavy (non-hydrogen) atoms. The van der Waals surface area contributed by atoms with Crippen molar-refractivity contribution < 1.29 is 14.4 Å². The lowest BCUT2D eigenvalue weighted by molar-refractivity contribution is -0.147. The fraction of sp³-hybridized carbons (Fsp3) is 0.595. The molecule has 0 aromatic heterocycles. The van der Waals surface area contributed by atoms with Crippen molar-refractivity contribution in [1.29, 1.82) is 0 Å². The smallest absolute Gasteiger partial charge is 0.245 e. The summed E-state index contributed by atoms with van der Waals surface area (Å²) in [6.45, 7) is 8.98. The number of nitrogens with zero attached hydrogens (tertiary/aromatic N) is 1. The molecule has 2 aromatic rings. The largest absolute Gasteiger partial charge is 0.351 e. The van der Waals surface area contributed by atoms with Gasteiger partial charge in [-0.05, 0) is 101 Å². The number of nitrogens with two attached hydrogens (primary N) is 1. The molecular formula is C37H51ClN4O3. The molecule has 7 nitrogen and oxygen atoms in total. The highest BCUT2D eigenvalue weighted by molar-refractivity contribution is 6.30. The fourth-order valence-corrected chi connectivity index (χ4v) is 8.20. The lowest BCUT2D eigenvalue weighted by atomic mass is 9.63. The summed E-state index contributed by atoms with van der Waals surface area (Å²) in [5, 5.41) is 7.05. The lowest BCUT2D eigenvalue weighted by Gasteiger charge is -2.48. The first-order chi connectivity index (χ1) is 21.3. The van der Waals surface area contributed by atoms with E-state index in [9.17, 15) is 14.4 Å². The third-order valence-corrected chi connectivity index (χ3v) is 10.9. The molecule has 1 saturated carbocycles. The molecule has 2 aromatic carbocycles. The number of rotatable bonds is 7. The maximum Gasteiger partial charge on any atom is 0.245 e. The Labute approximate surface area is 274 Å². The number of piperidine rings is 1. The zero-order valence-corrected chi connectivity index (χ0v) is 28.2. The van der Waals surface area contributed by atoms with Gasteiger partial charge in [-0.1, -0.05) is 67.3 Å². The van der Waals surface area contributed by atoms with Crippen LogP contribution in [0.3, 0.4) is 0 Å². The summed E-state index contributed by atoms with van der Waals surface area (Å²) in [7, 11) is 0. The molecule has 1 unspecified atom stereocenters. The number of likely N-dealkylation sites (tertiary alicyclic amines) is 1. The van der Waals surface area contributed by atoms with Gasteiger partial charge in [0.1, 0.15) is 6.04 Å². The Balaban J connectivity index is 1.35. The monoisotopic (exact) mass is 634 g/mol. The van der Waals surface area contributed by atoms with Gasteiger partial charge in [0.15, 0.2) is 0 Å². The minimum atomic E-state index is -0.849. The predicted molar refractivity (Wildman–Crippen MR) is 180 cm³/mol. The highest BCUT2D eigenvalue weighted by Crippen LogP contribution is 2.46. The minimum Gasteiger partial charge on any atom is -0.351 e. The van der Waals surface area contributed by atoms with E-state index in [1.807, 2.05) is 75.1 Å². The van der Waals surface area contributed by atoms with Crippen LogP contribution in [0.1, 0.15) is 95.8 Å². The van der Waals surface area contributed by atoms with Gasteiger partial charge in [-0.2, -0.15) is 0 Å². The van der Waals surface area contributed by atoms with E-state index < -0.39 is 22.9 Å². The van der Waals surface area contributed by atoms with Crippen LogP contribution in [0.4, 0.5) is 0 Å². The molecule has 8 heteroatoms. The summed E-state index contributed by atoms with van der Waals surface area (Å²) in [5.41, 5.74) is 8.29. The van der Waals surface area contributed by atoms with E-state index in [4.69, 9.17) is 17.3 Å². The van der Waals surface area contributed by atoms with Gasteiger partial charge >= 0.3 is 0 Å². The third-order valence-electron chi connectivity index (χ3n) is 10.6. The molecular weight excluding hydrogens is 584 g/mol. The molecule has 0 radical (unpaired) electrons. The SMILES string of the molecule is CC(C)(C)NC(=O)C1(C2CCCCC2)CCN(C(=O)[C@@H](Cc2ccc(Cl)cc2)NC(=O)C2CCc3ccccc3[C@@]2(C)N)CC1. The van der Waals surface area contributed by atoms with Crippen molar-refractivity contribution >= 4 is 29.3 Å². The average Bonchev–Trinajstić information content (AvgIpc) is 3.01. The first-order valence-corrected chi connectivity index (χ1v) is 17.2. The molecule has 1 heterocycles. The Bertz CT molecular complexity index is 1370. The quantitative estimate of drug-likeness (QED) is 0.352. The van der Waals surface area contributed by atoms with Crippen LogP contribution in [-0.4, -0.2) is 47.3 Å². The van der Waals surface area contributed by atoms with Crippen LogP contribution in [0, 0.1) is 17.3 Å². The normalized spacial score (nSPS) is 24.3. The first-order valence-electron chi connectivity index (χ1n) is 16.8. The predicted octanol–water partition coefficient (Wildman–Crippen LogP) is 5.91. The Kier molecular flexibility index (Phi) is 10.0. The minimum absolute atomic E-state index is 0.110. The number of halogens is 1. The van der Waals surface area contributed by atoms with Crippen LogP contribution in [0.15, 0.2) is 48.5 Å². The van der Waals surface area contributed by atoms with E-state index >= 15 is 0 Å². The highest BCUT2D eigenvalue weighted by Gasteiger charge is 2.49. The summed E-state index contributed by atoms with van der Waals surface area (Å²) in [5.74, 6) is -0.317. The summed E-state index contributed by atoms with van der Waals surface area (Å²) in [4.78, 5) is 44.0. The van der Waals surface area contributed by atoms with Crippen LogP contribution < -0.4 is 16.4 Å². The highest BCUT2D eigenvalue weighted by atomic mass is 35.5. The van der Waals surface area contributed by atoms with Gasteiger partial charge < -0.3 is 21.3 Å². The van der Waals surface area contributed by atoms with Crippen LogP contribution in [-0.2, 0) is 32.8 Å². The van der Waals surface area contributed by atoms with Gasteiger partial charge in [0, 0.05) is 30.1 Å². The first kappa shape index (κ1) is 33.5. The maximum atomic E-state index is 14.3. The Morgan fingerprint density at radius 3 is 2.27 bits per heavy atom. The molecule has 0 bridgehead atoms. The van der Waals surface area contributed by atoms with E-state index in [2.05, 4.69) is 16.7 Å². The molecule has 1 saturated heterocycles. The second kappa shape index (κ2) is 13.4. The molecule has 3 aliphatic rings. The van der Waals surface area contributed by atoms with Gasteiger partial charge in [-0.15, -0.1) is 0 Å². The maximum absolute atomic E-state index is 14.3. The number of aryl methyl sites for hydroxylation is 1. The van der Waals surface area contributed by atoms with E-state index in [1.165, 1.54) is 12.0 Å². The van der Waals surface area contributed by atoms with Crippen molar-refractivity contribution in [2.45, 2.75) is 109 Å². The number of fused-ring (bicyclic) bond motifs is 1. The van der Waals surface area contributed by atoms with Crippen molar-refractivity contribution in [1.82, 2.24) is 15.5 Å². The standard InChI is InChI=1S/C37H51ClN4O3/c1-35(2,3)41-34(45)37(27-11-6-5-7-12-27)20-22-42(23-21-37)33(44)31(24-25-14-17-28(38)18-15-25)40-32(43)30-19-16-26-10-8-9-13-29(26)36(30,4)39/h8-10,13-15,17-18,27,30-31H,5-7,11-12,16,19-24,39H2,1-4H3,(H,40,43)(H,41,45)/t30?,31-,36-/m1/s1. The van der Waals surface area contributed by atoms with Crippen LogP contribution in [0.5, 0.6) is 0 Å². The molecule has 3 amide bonds. The second-order valence-corrected chi connectivity index (χ2v) is 15.4. The molecule has 3 atom stereocenters. The van der Waals surface area contributed by atoms with Crippen molar-refractivity contribution in [2.24, 2.45) is 23.0 Å². The molecule has 5 rings (SSSR count).